The molecule has 0 aliphatic rings. The van der Waals surface area contributed by atoms with Crippen LogP contribution < -0.4 is 0 Å². The van der Waals surface area contributed by atoms with E-state index in [4.69, 9.17) is 0 Å². The maximum absolute atomic E-state index is 12.2. The van der Waals surface area contributed by atoms with E-state index in [0.29, 0.717) is 9.79 Å². The third kappa shape index (κ3) is 3.12. The normalized spacial score (nSPS) is 10.8. The van der Waals surface area contributed by atoms with Crippen molar-refractivity contribution in [3.8, 4) is 0 Å². The molecular weight excluding hydrogens is 331 g/mol. The first-order chi connectivity index (χ1) is 8.01. The van der Waals surface area contributed by atoms with Gasteiger partial charge in [-0.25, -0.2) is 8.42 Å². The predicted molar refractivity (Wildman–Crippen MR) is 72.8 cm³/mol. The summed E-state index contributed by atoms with van der Waals surface area (Å²) in [6.45, 7) is 0. The summed E-state index contributed by atoms with van der Waals surface area (Å²) in [5, 5.41) is 0. The van der Waals surface area contributed by atoms with Crippen molar-refractivity contribution in [3.05, 3.63) is 48.5 Å². The molecule has 0 aliphatic heterocycles. The van der Waals surface area contributed by atoms with E-state index in [1.807, 2.05) is 0 Å². The summed E-state index contributed by atoms with van der Waals surface area (Å²) in [6, 6.07) is 13.0. The van der Waals surface area contributed by atoms with E-state index in [9.17, 15) is 8.42 Å². The van der Waals surface area contributed by atoms with Gasteiger partial charge in [0.25, 0.3) is 0 Å². The maximum atomic E-state index is 12.2. The monoisotopic (exact) mass is 340 g/mol. The molecule has 0 heterocycles. The SMILES string of the molecule is O=S(=O)(c1ccccc1)c1ccc(S)c(S)c1.[Ni+2]. The molecule has 0 N–H and O–H groups in total. The summed E-state index contributed by atoms with van der Waals surface area (Å²) in [5.41, 5.74) is 0. The molecule has 0 bridgehead atoms. The molecule has 0 aromatic heterocycles. The zero-order chi connectivity index (χ0) is 12.5. The number of sulfone groups is 1. The molecular formula is C12H10NiO2S3+2. The molecule has 0 fully saturated rings. The van der Waals surface area contributed by atoms with Crippen LogP contribution in [0.5, 0.6) is 0 Å². The molecule has 18 heavy (non-hydrogen) atoms. The average molecular weight is 341 g/mol. The summed E-state index contributed by atoms with van der Waals surface area (Å²) < 4.78 is 24.5. The second-order valence-corrected chi connectivity index (χ2v) is 6.38. The fraction of sp³-hybridized carbons (Fsp3) is 0. The Morgan fingerprint density at radius 3 is 1.94 bits per heavy atom. The van der Waals surface area contributed by atoms with Crippen LogP contribution in [0.3, 0.4) is 0 Å². The standard InChI is InChI=1S/C12H10O2S3.Ni/c13-17(14,9-4-2-1-3-5-9)10-6-7-11(15)12(16)8-10;/h1-8,15-16H;/q;+2. The Morgan fingerprint density at radius 2 is 1.39 bits per heavy atom. The molecule has 0 saturated carbocycles. The van der Waals surface area contributed by atoms with E-state index in [0.717, 1.165) is 0 Å². The van der Waals surface area contributed by atoms with Crippen LogP contribution in [0.25, 0.3) is 0 Å². The van der Waals surface area contributed by atoms with Crippen LogP contribution in [0.2, 0.25) is 0 Å². The van der Waals surface area contributed by atoms with Crippen molar-refractivity contribution in [2.24, 2.45) is 0 Å². The third-order valence-electron chi connectivity index (χ3n) is 2.31. The van der Waals surface area contributed by atoms with Gasteiger partial charge in [0.2, 0.25) is 9.84 Å². The van der Waals surface area contributed by atoms with Gasteiger partial charge in [-0.05, 0) is 30.3 Å². The zero-order valence-corrected chi connectivity index (χ0v) is 12.6. The Balaban J connectivity index is 0.00000162. The van der Waals surface area contributed by atoms with E-state index in [1.165, 1.54) is 12.1 Å². The van der Waals surface area contributed by atoms with Gasteiger partial charge in [0.1, 0.15) is 0 Å². The van der Waals surface area contributed by atoms with Crippen molar-refractivity contribution in [1.82, 2.24) is 0 Å². The molecule has 0 saturated heterocycles. The fourth-order valence-electron chi connectivity index (χ4n) is 1.41. The second-order valence-electron chi connectivity index (χ2n) is 3.47. The van der Waals surface area contributed by atoms with Crippen LogP contribution in [-0.4, -0.2) is 8.42 Å². The quantitative estimate of drug-likeness (QED) is 0.650. The topological polar surface area (TPSA) is 34.1 Å². The molecule has 2 aromatic rings. The smallest absolute Gasteiger partial charge is 0.219 e. The van der Waals surface area contributed by atoms with Crippen molar-refractivity contribution in [2.75, 3.05) is 0 Å². The van der Waals surface area contributed by atoms with Crippen molar-refractivity contribution in [1.29, 1.82) is 0 Å². The van der Waals surface area contributed by atoms with Gasteiger partial charge in [-0.2, -0.15) is 0 Å². The number of hydrogen-bond acceptors (Lipinski definition) is 4. The Morgan fingerprint density at radius 1 is 0.778 bits per heavy atom. The Hall–Kier alpha value is -0.416. The van der Waals surface area contributed by atoms with E-state index in [1.54, 1.807) is 36.4 Å². The van der Waals surface area contributed by atoms with Crippen LogP contribution >= 0.6 is 25.3 Å². The first-order valence-electron chi connectivity index (χ1n) is 4.84. The molecule has 0 aliphatic carbocycles. The summed E-state index contributed by atoms with van der Waals surface area (Å²) in [4.78, 5) is 1.71. The van der Waals surface area contributed by atoms with Crippen molar-refractivity contribution >= 4 is 35.1 Å². The van der Waals surface area contributed by atoms with Crippen LogP contribution in [0.4, 0.5) is 0 Å². The van der Waals surface area contributed by atoms with E-state index in [-0.39, 0.29) is 26.3 Å². The molecule has 0 atom stereocenters. The van der Waals surface area contributed by atoms with Gasteiger partial charge in [-0.3, -0.25) is 0 Å². The summed E-state index contributed by atoms with van der Waals surface area (Å²) >= 11 is 8.33. The number of benzene rings is 2. The number of hydrogen-bond donors (Lipinski definition) is 2. The van der Waals surface area contributed by atoms with E-state index in [2.05, 4.69) is 25.3 Å². The fourth-order valence-corrected chi connectivity index (χ4v) is 3.15. The minimum Gasteiger partial charge on any atom is -0.219 e. The minimum atomic E-state index is -3.46. The molecule has 2 aromatic carbocycles. The molecule has 0 radical (unpaired) electrons. The Bertz CT molecular complexity index is 640. The molecule has 6 heteroatoms. The zero-order valence-electron chi connectivity index (χ0n) is 9.05. The minimum absolute atomic E-state index is 0. The molecule has 2 nitrogen and oxygen atoms in total. The number of rotatable bonds is 2. The summed E-state index contributed by atoms with van der Waals surface area (Å²) in [7, 11) is -3.46. The predicted octanol–water partition coefficient (Wildman–Crippen LogP) is 3.09. The second kappa shape index (κ2) is 6.15. The molecule has 0 amide bonds. The largest absolute Gasteiger partial charge is 2.00 e. The van der Waals surface area contributed by atoms with E-state index < -0.39 is 9.84 Å². The van der Waals surface area contributed by atoms with Crippen LogP contribution in [0.15, 0.2) is 68.1 Å². The summed E-state index contributed by atoms with van der Waals surface area (Å²) in [5.74, 6) is 0. The van der Waals surface area contributed by atoms with Crippen LogP contribution in [-0.2, 0) is 26.3 Å². The average Bonchev–Trinajstić information content (AvgIpc) is 2.33. The van der Waals surface area contributed by atoms with Gasteiger partial charge in [-0.15, -0.1) is 25.3 Å². The van der Waals surface area contributed by atoms with Gasteiger partial charge < -0.3 is 0 Å². The van der Waals surface area contributed by atoms with Gasteiger partial charge in [0, 0.05) is 9.79 Å². The van der Waals surface area contributed by atoms with Gasteiger partial charge in [-0.1, -0.05) is 18.2 Å². The van der Waals surface area contributed by atoms with Crippen molar-refractivity contribution < 1.29 is 24.9 Å². The van der Waals surface area contributed by atoms with E-state index >= 15 is 0 Å². The Kier molecular flexibility index (Phi) is 5.35. The molecule has 0 unspecified atom stereocenters. The molecule has 0 spiro atoms. The number of thiol groups is 2. The first kappa shape index (κ1) is 15.6. The maximum Gasteiger partial charge on any atom is 2.00 e. The van der Waals surface area contributed by atoms with Crippen LogP contribution in [0.1, 0.15) is 0 Å². The summed E-state index contributed by atoms with van der Waals surface area (Å²) in [6.07, 6.45) is 0. The molecule has 96 valence electrons. The van der Waals surface area contributed by atoms with Gasteiger partial charge in [0.15, 0.2) is 0 Å². The molecule has 2 rings (SSSR count). The Labute approximate surface area is 127 Å². The van der Waals surface area contributed by atoms with Crippen molar-refractivity contribution in [3.63, 3.8) is 0 Å². The third-order valence-corrected chi connectivity index (χ3v) is 5.01. The van der Waals surface area contributed by atoms with Crippen LogP contribution in [0, 0.1) is 0 Å². The van der Waals surface area contributed by atoms with Crippen molar-refractivity contribution in [2.45, 2.75) is 19.6 Å². The first-order valence-corrected chi connectivity index (χ1v) is 7.22. The van der Waals surface area contributed by atoms with Gasteiger partial charge in [0.05, 0.1) is 9.79 Å². The van der Waals surface area contributed by atoms with Gasteiger partial charge >= 0.3 is 16.5 Å².